The molecule has 0 bridgehead atoms. The van der Waals surface area contributed by atoms with Gasteiger partial charge in [-0.1, -0.05) is 47.0 Å². The van der Waals surface area contributed by atoms with Crippen molar-refractivity contribution in [3.63, 3.8) is 0 Å². The Hall–Kier alpha value is -1.06. The summed E-state index contributed by atoms with van der Waals surface area (Å²) >= 11 is 0. The van der Waals surface area contributed by atoms with Gasteiger partial charge in [0, 0.05) is 12.1 Å². The van der Waals surface area contributed by atoms with Gasteiger partial charge in [-0.2, -0.15) is 0 Å². The molecule has 0 radical (unpaired) electrons. The van der Waals surface area contributed by atoms with Crippen molar-refractivity contribution in [3.05, 3.63) is 0 Å². The Labute approximate surface area is 147 Å². The summed E-state index contributed by atoms with van der Waals surface area (Å²) in [6.45, 7) is 9.11. The summed E-state index contributed by atoms with van der Waals surface area (Å²) in [6.07, 6.45) is 9.99. The van der Waals surface area contributed by atoms with Crippen LogP contribution in [-0.2, 0) is 9.59 Å². The summed E-state index contributed by atoms with van der Waals surface area (Å²) in [6, 6.07) is 0.328. The van der Waals surface area contributed by atoms with Crippen LogP contribution < -0.4 is 10.6 Å². The first kappa shape index (κ1) is 19.3. The van der Waals surface area contributed by atoms with E-state index in [9.17, 15) is 9.59 Å². The number of hydrogen-bond acceptors (Lipinski definition) is 2. The van der Waals surface area contributed by atoms with E-state index < -0.39 is 11.8 Å². The molecule has 2 aliphatic carbocycles. The molecule has 2 saturated carbocycles. The van der Waals surface area contributed by atoms with Gasteiger partial charge >= 0.3 is 11.8 Å². The molecule has 2 aliphatic rings. The Balaban J connectivity index is 1.75. The number of rotatable bonds is 4. The fourth-order valence-electron chi connectivity index (χ4n) is 4.32. The maximum Gasteiger partial charge on any atom is 0.309 e. The van der Waals surface area contributed by atoms with Gasteiger partial charge in [-0.15, -0.1) is 0 Å². The van der Waals surface area contributed by atoms with Crippen LogP contribution in [0, 0.1) is 17.3 Å². The molecular weight excluding hydrogens is 300 g/mol. The molecular formula is C20H36N2O2. The molecule has 0 heterocycles. The van der Waals surface area contributed by atoms with Gasteiger partial charge in [0.25, 0.3) is 0 Å². The smallest absolute Gasteiger partial charge is 0.309 e. The minimum atomic E-state index is -0.440. The summed E-state index contributed by atoms with van der Waals surface area (Å²) in [5.41, 5.74) is 0.378. The van der Waals surface area contributed by atoms with Gasteiger partial charge in [0.1, 0.15) is 0 Å². The molecule has 2 N–H and O–H groups in total. The molecule has 2 rings (SSSR count). The third-order valence-corrected chi connectivity index (χ3v) is 6.71. The third kappa shape index (κ3) is 4.97. The summed E-state index contributed by atoms with van der Waals surface area (Å²) in [4.78, 5) is 24.4. The molecule has 0 unspecified atom stereocenters. The normalized spacial score (nSPS) is 31.3. The number of hydrogen-bond donors (Lipinski definition) is 2. The van der Waals surface area contributed by atoms with Gasteiger partial charge in [0.2, 0.25) is 0 Å². The summed E-state index contributed by atoms with van der Waals surface area (Å²) in [5.74, 6) is 0.325. The molecule has 0 saturated heterocycles. The van der Waals surface area contributed by atoms with Crippen LogP contribution in [-0.4, -0.2) is 23.9 Å². The van der Waals surface area contributed by atoms with Crippen molar-refractivity contribution in [1.29, 1.82) is 0 Å². The molecule has 0 aromatic rings. The van der Waals surface area contributed by atoms with E-state index in [1.54, 1.807) is 0 Å². The second-order valence-electron chi connectivity index (χ2n) is 8.71. The molecule has 0 aromatic carbocycles. The largest absolute Gasteiger partial charge is 0.345 e. The highest BCUT2D eigenvalue weighted by molar-refractivity contribution is 6.35. The van der Waals surface area contributed by atoms with E-state index in [-0.39, 0.29) is 12.1 Å². The lowest BCUT2D eigenvalue weighted by Gasteiger charge is -2.39. The van der Waals surface area contributed by atoms with E-state index in [0.29, 0.717) is 11.3 Å². The predicted molar refractivity (Wildman–Crippen MR) is 97.5 cm³/mol. The zero-order valence-corrected chi connectivity index (χ0v) is 16.0. The summed E-state index contributed by atoms with van der Waals surface area (Å²) in [7, 11) is 0. The number of nitrogens with one attached hydrogen (secondary N) is 2. The van der Waals surface area contributed by atoms with Crippen LogP contribution in [0.2, 0.25) is 0 Å². The molecule has 0 spiro atoms. The highest BCUT2D eigenvalue weighted by Gasteiger charge is 2.33. The highest BCUT2D eigenvalue weighted by Crippen LogP contribution is 2.40. The van der Waals surface area contributed by atoms with Gasteiger partial charge in [-0.3, -0.25) is 9.59 Å². The first-order valence-corrected chi connectivity index (χ1v) is 9.95. The van der Waals surface area contributed by atoms with Gasteiger partial charge in [0.15, 0.2) is 0 Å². The molecule has 0 aliphatic heterocycles. The van der Waals surface area contributed by atoms with Crippen molar-refractivity contribution in [2.24, 2.45) is 17.3 Å². The van der Waals surface area contributed by atoms with E-state index in [1.807, 2.05) is 0 Å². The van der Waals surface area contributed by atoms with Crippen LogP contribution in [0.5, 0.6) is 0 Å². The fourth-order valence-corrected chi connectivity index (χ4v) is 4.32. The Morgan fingerprint density at radius 2 is 1.50 bits per heavy atom. The zero-order chi connectivity index (χ0) is 17.7. The lowest BCUT2D eigenvalue weighted by atomic mass is 9.69. The number of carbonyl (C=O) groups is 2. The van der Waals surface area contributed by atoms with Crippen molar-refractivity contribution in [3.8, 4) is 0 Å². The van der Waals surface area contributed by atoms with Gasteiger partial charge in [-0.05, 0) is 55.8 Å². The first-order chi connectivity index (χ1) is 11.3. The monoisotopic (exact) mass is 336 g/mol. The van der Waals surface area contributed by atoms with Gasteiger partial charge < -0.3 is 10.6 Å². The number of amides is 2. The maximum absolute atomic E-state index is 12.2. The SMILES string of the molecule is CCC(C)(C)C1CCC(NC(=O)C(=O)N[C@@H]2CCCC[C@H]2C)CC1. The molecule has 4 heteroatoms. The summed E-state index contributed by atoms with van der Waals surface area (Å²) < 4.78 is 0. The van der Waals surface area contributed by atoms with Crippen LogP contribution in [0.4, 0.5) is 0 Å². The lowest BCUT2D eigenvalue weighted by molar-refractivity contribution is -0.140. The van der Waals surface area contributed by atoms with E-state index >= 15 is 0 Å². The van der Waals surface area contributed by atoms with E-state index in [4.69, 9.17) is 0 Å². The molecule has 2 amide bonds. The maximum atomic E-state index is 12.2. The van der Waals surface area contributed by atoms with Crippen LogP contribution in [0.3, 0.4) is 0 Å². The zero-order valence-electron chi connectivity index (χ0n) is 16.0. The average Bonchev–Trinajstić information content (AvgIpc) is 2.57. The molecule has 2 atom stereocenters. The third-order valence-electron chi connectivity index (χ3n) is 6.71. The van der Waals surface area contributed by atoms with Crippen LogP contribution in [0.15, 0.2) is 0 Å². The second-order valence-corrected chi connectivity index (χ2v) is 8.71. The predicted octanol–water partition coefficient (Wildman–Crippen LogP) is 3.79. The average molecular weight is 337 g/mol. The van der Waals surface area contributed by atoms with Crippen molar-refractivity contribution >= 4 is 11.8 Å². The fraction of sp³-hybridized carbons (Fsp3) is 0.900. The van der Waals surface area contributed by atoms with Crippen molar-refractivity contribution in [2.75, 3.05) is 0 Å². The van der Waals surface area contributed by atoms with Crippen LogP contribution in [0.1, 0.15) is 85.5 Å². The van der Waals surface area contributed by atoms with Crippen molar-refractivity contribution < 1.29 is 9.59 Å². The molecule has 138 valence electrons. The Morgan fingerprint density at radius 1 is 0.917 bits per heavy atom. The first-order valence-electron chi connectivity index (χ1n) is 9.95. The van der Waals surface area contributed by atoms with Crippen LogP contribution in [0.25, 0.3) is 0 Å². The minimum Gasteiger partial charge on any atom is -0.345 e. The molecule has 4 nitrogen and oxygen atoms in total. The van der Waals surface area contributed by atoms with Gasteiger partial charge in [-0.25, -0.2) is 0 Å². The second kappa shape index (κ2) is 8.35. The number of carbonyl (C=O) groups excluding carboxylic acids is 2. The lowest BCUT2D eigenvalue weighted by Crippen LogP contribution is -2.50. The Morgan fingerprint density at radius 3 is 2.08 bits per heavy atom. The molecule has 2 fully saturated rings. The van der Waals surface area contributed by atoms with E-state index in [0.717, 1.165) is 50.9 Å². The molecule has 0 aromatic heterocycles. The molecule has 24 heavy (non-hydrogen) atoms. The Bertz CT molecular complexity index is 439. The van der Waals surface area contributed by atoms with Gasteiger partial charge in [0.05, 0.1) is 0 Å². The Kier molecular flexibility index (Phi) is 6.70. The van der Waals surface area contributed by atoms with E-state index in [2.05, 4.69) is 38.3 Å². The van der Waals surface area contributed by atoms with Crippen molar-refractivity contribution in [1.82, 2.24) is 10.6 Å². The standard InChI is InChI=1S/C20H36N2O2/c1-5-20(3,4)15-10-12-16(13-11-15)21-18(23)19(24)22-17-9-7-6-8-14(17)2/h14-17H,5-13H2,1-4H3,(H,21,23)(H,22,24)/t14-,15?,16?,17-/m1/s1. The van der Waals surface area contributed by atoms with Crippen molar-refractivity contribution in [2.45, 2.75) is 97.6 Å². The minimum absolute atomic E-state index is 0.163. The quantitative estimate of drug-likeness (QED) is 0.767. The highest BCUT2D eigenvalue weighted by atomic mass is 16.2. The van der Waals surface area contributed by atoms with E-state index in [1.165, 1.54) is 12.8 Å². The van der Waals surface area contributed by atoms with Crippen LogP contribution >= 0.6 is 0 Å². The summed E-state index contributed by atoms with van der Waals surface area (Å²) in [5, 5.41) is 5.91. The topological polar surface area (TPSA) is 58.2 Å².